The van der Waals surface area contributed by atoms with Gasteiger partial charge in [-0.3, -0.25) is 10.1 Å². The van der Waals surface area contributed by atoms with E-state index in [4.69, 9.17) is 11.6 Å². The summed E-state index contributed by atoms with van der Waals surface area (Å²) in [7, 11) is 0. The summed E-state index contributed by atoms with van der Waals surface area (Å²) >= 11 is 7.82. The highest BCUT2D eigenvalue weighted by Gasteiger charge is 2.17. The van der Waals surface area contributed by atoms with Crippen LogP contribution in [0.3, 0.4) is 0 Å². The third-order valence-electron chi connectivity index (χ3n) is 2.97. The smallest absolute Gasteiger partial charge is 0.258 e. The van der Waals surface area contributed by atoms with Gasteiger partial charge in [0, 0.05) is 22.3 Å². The highest BCUT2D eigenvalue weighted by atomic mass is 35.5. The van der Waals surface area contributed by atoms with Crippen LogP contribution in [0.5, 0.6) is 0 Å². The number of non-ortho nitro benzene ring substituents is 1. The number of thioether (sulfide) groups is 1. The number of benzene rings is 1. The summed E-state index contributed by atoms with van der Waals surface area (Å²) in [5.41, 5.74) is 0.0583. The molecule has 0 aliphatic heterocycles. The van der Waals surface area contributed by atoms with Crippen molar-refractivity contribution in [1.29, 1.82) is 0 Å². The fraction of sp³-hybridized carbons (Fsp3) is 0.500. The predicted molar refractivity (Wildman–Crippen MR) is 70.8 cm³/mol. The van der Waals surface area contributed by atoms with Crippen LogP contribution >= 0.6 is 23.4 Å². The van der Waals surface area contributed by atoms with Crippen LogP contribution in [0, 0.1) is 10.1 Å². The predicted octanol–water partition coefficient (Wildman–Crippen LogP) is 4.67. The maximum atomic E-state index is 10.6. The van der Waals surface area contributed by atoms with Gasteiger partial charge in [-0.05, 0) is 18.9 Å². The fourth-order valence-corrected chi connectivity index (χ4v) is 3.62. The molecule has 0 spiro atoms. The molecule has 0 atom stereocenters. The Hall–Kier alpha value is -0.740. The van der Waals surface area contributed by atoms with E-state index < -0.39 is 4.92 Å². The zero-order valence-corrected chi connectivity index (χ0v) is 11.0. The number of rotatable bonds is 3. The van der Waals surface area contributed by atoms with E-state index in [9.17, 15) is 10.1 Å². The number of nitrogens with zero attached hydrogens (tertiary/aromatic N) is 1. The average molecular weight is 272 g/mol. The van der Waals surface area contributed by atoms with Crippen LogP contribution in [-0.4, -0.2) is 10.2 Å². The standard InChI is InChI=1S/C12H14ClNO2S/c13-11-8-9(14(15)16)6-7-12(11)17-10-4-2-1-3-5-10/h6-8,10H,1-5H2. The quantitative estimate of drug-likeness (QED) is 0.592. The lowest BCUT2D eigenvalue weighted by atomic mass is 10.0. The molecule has 1 aliphatic carbocycles. The molecule has 1 aromatic carbocycles. The zero-order chi connectivity index (χ0) is 12.3. The molecule has 3 nitrogen and oxygen atoms in total. The average Bonchev–Trinajstić information content (AvgIpc) is 2.33. The molecule has 0 bridgehead atoms. The van der Waals surface area contributed by atoms with Gasteiger partial charge in [0.05, 0.1) is 9.95 Å². The number of nitro benzene ring substituents is 1. The maximum absolute atomic E-state index is 10.6. The van der Waals surface area contributed by atoms with Crippen molar-refractivity contribution in [3.63, 3.8) is 0 Å². The second-order valence-electron chi connectivity index (χ2n) is 4.25. The van der Waals surface area contributed by atoms with E-state index in [-0.39, 0.29) is 5.69 Å². The van der Waals surface area contributed by atoms with Gasteiger partial charge in [-0.1, -0.05) is 30.9 Å². The third kappa shape index (κ3) is 3.36. The maximum Gasteiger partial charge on any atom is 0.270 e. The van der Waals surface area contributed by atoms with Crippen LogP contribution in [0.1, 0.15) is 32.1 Å². The summed E-state index contributed by atoms with van der Waals surface area (Å²) in [6.07, 6.45) is 6.32. The zero-order valence-electron chi connectivity index (χ0n) is 9.39. The molecule has 17 heavy (non-hydrogen) atoms. The molecular formula is C12H14ClNO2S. The molecule has 0 radical (unpaired) electrons. The normalized spacial score (nSPS) is 17.0. The minimum Gasteiger partial charge on any atom is -0.258 e. The van der Waals surface area contributed by atoms with Crippen LogP contribution in [0.25, 0.3) is 0 Å². The Morgan fingerprint density at radius 2 is 2.00 bits per heavy atom. The van der Waals surface area contributed by atoms with E-state index in [1.807, 2.05) is 0 Å². The van der Waals surface area contributed by atoms with Gasteiger partial charge < -0.3 is 0 Å². The lowest BCUT2D eigenvalue weighted by Gasteiger charge is -2.21. The Balaban J connectivity index is 2.08. The first kappa shape index (κ1) is 12.7. The second-order valence-corrected chi connectivity index (χ2v) is 6.00. The molecule has 92 valence electrons. The summed E-state index contributed by atoms with van der Waals surface area (Å²) in [6, 6.07) is 4.73. The van der Waals surface area contributed by atoms with Gasteiger partial charge in [-0.2, -0.15) is 0 Å². The fourth-order valence-electron chi connectivity index (χ4n) is 2.06. The SMILES string of the molecule is O=[N+]([O-])c1ccc(SC2CCCCC2)c(Cl)c1. The Morgan fingerprint density at radius 1 is 1.29 bits per heavy atom. The van der Waals surface area contributed by atoms with Crippen LogP contribution in [0.15, 0.2) is 23.1 Å². The number of nitro groups is 1. The van der Waals surface area contributed by atoms with E-state index in [1.165, 1.54) is 44.2 Å². The largest absolute Gasteiger partial charge is 0.270 e. The molecule has 1 aromatic rings. The molecule has 0 aromatic heterocycles. The highest BCUT2D eigenvalue weighted by molar-refractivity contribution is 8.00. The van der Waals surface area contributed by atoms with E-state index in [2.05, 4.69) is 0 Å². The molecular weight excluding hydrogens is 258 g/mol. The van der Waals surface area contributed by atoms with Gasteiger partial charge in [-0.25, -0.2) is 0 Å². The summed E-state index contributed by atoms with van der Waals surface area (Å²) < 4.78 is 0. The van der Waals surface area contributed by atoms with Crippen LogP contribution in [0.2, 0.25) is 5.02 Å². The van der Waals surface area contributed by atoms with Gasteiger partial charge >= 0.3 is 0 Å². The van der Waals surface area contributed by atoms with Crippen molar-refractivity contribution in [1.82, 2.24) is 0 Å². The van der Waals surface area contributed by atoms with Crippen molar-refractivity contribution in [3.05, 3.63) is 33.3 Å². The molecule has 1 fully saturated rings. The van der Waals surface area contributed by atoms with E-state index in [0.717, 1.165) is 4.90 Å². The first-order chi connectivity index (χ1) is 8.16. The highest BCUT2D eigenvalue weighted by Crippen LogP contribution is 2.38. The van der Waals surface area contributed by atoms with Crippen molar-refractivity contribution < 1.29 is 4.92 Å². The Labute approximate surface area is 110 Å². The summed E-state index contributed by atoms with van der Waals surface area (Å²) in [4.78, 5) is 11.1. The molecule has 0 saturated heterocycles. The number of halogens is 1. The Kier molecular flexibility index (Phi) is 4.29. The van der Waals surface area contributed by atoms with Crippen LogP contribution < -0.4 is 0 Å². The second kappa shape index (κ2) is 5.74. The molecule has 0 N–H and O–H groups in total. The van der Waals surface area contributed by atoms with E-state index in [1.54, 1.807) is 17.8 Å². The lowest BCUT2D eigenvalue weighted by molar-refractivity contribution is -0.384. The third-order valence-corrected chi connectivity index (χ3v) is 4.81. The topological polar surface area (TPSA) is 43.1 Å². The molecule has 0 unspecified atom stereocenters. The monoisotopic (exact) mass is 271 g/mol. The molecule has 1 saturated carbocycles. The molecule has 5 heteroatoms. The molecule has 0 amide bonds. The van der Waals surface area contributed by atoms with Crippen LogP contribution in [-0.2, 0) is 0 Å². The van der Waals surface area contributed by atoms with Crippen molar-refractivity contribution in [2.24, 2.45) is 0 Å². The minimum atomic E-state index is -0.416. The van der Waals surface area contributed by atoms with Gasteiger partial charge in [-0.15, -0.1) is 11.8 Å². The summed E-state index contributed by atoms with van der Waals surface area (Å²) in [6.45, 7) is 0. The number of hydrogen-bond acceptors (Lipinski definition) is 3. The van der Waals surface area contributed by atoms with Gasteiger partial charge in [0.1, 0.15) is 0 Å². The van der Waals surface area contributed by atoms with Crippen molar-refractivity contribution in [2.75, 3.05) is 0 Å². The summed E-state index contributed by atoms with van der Waals surface area (Å²) in [5, 5.41) is 11.7. The van der Waals surface area contributed by atoms with E-state index in [0.29, 0.717) is 10.3 Å². The van der Waals surface area contributed by atoms with Crippen molar-refractivity contribution in [3.8, 4) is 0 Å². The molecule has 2 rings (SSSR count). The molecule has 0 heterocycles. The minimum absolute atomic E-state index is 0.0583. The van der Waals surface area contributed by atoms with E-state index >= 15 is 0 Å². The Bertz CT molecular complexity index is 419. The summed E-state index contributed by atoms with van der Waals surface area (Å²) in [5.74, 6) is 0. The van der Waals surface area contributed by atoms with Gasteiger partial charge in [0.2, 0.25) is 0 Å². The van der Waals surface area contributed by atoms with Gasteiger partial charge in [0.25, 0.3) is 5.69 Å². The number of hydrogen-bond donors (Lipinski definition) is 0. The van der Waals surface area contributed by atoms with Gasteiger partial charge in [0.15, 0.2) is 0 Å². The van der Waals surface area contributed by atoms with Crippen molar-refractivity contribution in [2.45, 2.75) is 42.2 Å². The lowest BCUT2D eigenvalue weighted by Crippen LogP contribution is -2.07. The first-order valence-electron chi connectivity index (χ1n) is 5.77. The first-order valence-corrected chi connectivity index (χ1v) is 7.03. The molecule has 1 aliphatic rings. The van der Waals surface area contributed by atoms with Crippen molar-refractivity contribution >= 4 is 29.1 Å². The van der Waals surface area contributed by atoms with Crippen LogP contribution in [0.4, 0.5) is 5.69 Å². The Morgan fingerprint density at radius 3 is 2.59 bits per heavy atom.